The van der Waals surface area contributed by atoms with E-state index in [4.69, 9.17) is 12.2 Å². The van der Waals surface area contributed by atoms with E-state index in [1.165, 1.54) is 76.3 Å². The summed E-state index contributed by atoms with van der Waals surface area (Å²) in [5.41, 5.74) is 7.36. The average Bonchev–Trinajstić information content (AvgIpc) is 3.26. The first-order valence-corrected chi connectivity index (χ1v) is 16.1. The van der Waals surface area contributed by atoms with E-state index >= 15 is 0 Å². The van der Waals surface area contributed by atoms with Crippen LogP contribution in [0.1, 0.15) is 105 Å². The highest BCUT2D eigenvalue weighted by Crippen LogP contribution is 2.67. The minimum Gasteiger partial charge on any atom is -0.331 e. The molecule has 3 fully saturated rings. The highest BCUT2D eigenvalue weighted by Gasteiger charge is 2.59. The zero-order valence-corrected chi connectivity index (χ0v) is 25.7. The summed E-state index contributed by atoms with van der Waals surface area (Å²) in [5, 5.41) is 8.19. The fourth-order valence-electron chi connectivity index (χ4n) is 9.50. The summed E-state index contributed by atoms with van der Waals surface area (Å²) in [6, 6.07) is 6.21. The number of nitrogens with one attached hydrogen (secondary N) is 2. The number of benzene rings is 1. The van der Waals surface area contributed by atoms with Crippen molar-refractivity contribution in [2.24, 2.45) is 51.4 Å². The molecule has 0 aromatic heterocycles. The summed E-state index contributed by atoms with van der Waals surface area (Å²) in [5.74, 6) is 4.99. The van der Waals surface area contributed by atoms with Crippen LogP contribution in [0, 0.1) is 52.2 Å². The summed E-state index contributed by atoms with van der Waals surface area (Å²) < 4.78 is 13.2. The predicted octanol–water partition coefficient (Wildman–Crippen LogP) is 9.51. The normalized spacial score (nSPS) is 35.6. The van der Waals surface area contributed by atoms with Gasteiger partial charge in [-0.3, -0.25) is 5.43 Å². The van der Waals surface area contributed by atoms with Crippen LogP contribution in [0.3, 0.4) is 0 Å². The molecule has 4 aliphatic carbocycles. The maximum absolute atomic E-state index is 13.2. The summed E-state index contributed by atoms with van der Waals surface area (Å²) in [7, 11) is 0. The van der Waals surface area contributed by atoms with Crippen molar-refractivity contribution in [2.45, 2.75) is 105 Å². The van der Waals surface area contributed by atoms with Crippen LogP contribution in [-0.4, -0.2) is 10.8 Å². The van der Waals surface area contributed by atoms with Gasteiger partial charge in [0.1, 0.15) is 5.82 Å². The lowest BCUT2D eigenvalue weighted by atomic mass is 9.46. The lowest BCUT2D eigenvalue weighted by Crippen LogP contribution is -2.51. The second-order valence-corrected chi connectivity index (χ2v) is 14.6. The molecule has 4 aliphatic rings. The van der Waals surface area contributed by atoms with Crippen molar-refractivity contribution in [1.29, 1.82) is 0 Å². The van der Waals surface area contributed by atoms with Crippen LogP contribution in [0.2, 0.25) is 0 Å². The first kappa shape index (κ1) is 28.8. The zero-order valence-electron chi connectivity index (χ0n) is 24.9. The second kappa shape index (κ2) is 11.6. The molecular weight excluding hydrogens is 501 g/mol. The molecule has 0 aliphatic heterocycles. The van der Waals surface area contributed by atoms with Crippen molar-refractivity contribution in [2.75, 3.05) is 5.32 Å². The topological polar surface area (TPSA) is 36.4 Å². The van der Waals surface area contributed by atoms with E-state index in [9.17, 15) is 4.39 Å². The Bertz CT molecular complexity index is 1090. The maximum atomic E-state index is 13.2. The predicted molar refractivity (Wildman–Crippen MR) is 166 cm³/mol. The summed E-state index contributed by atoms with van der Waals surface area (Å²) >= 11 is 5.42. The van der Waals surface area contributed by atoms with Gasteiger partial charge in [-0.2, -0.15) is 5.10 Å². The van der Waals surface area contributed by atoms with Crippen LogP contribution in [-0.2, 0) is 0 Å². The Labute approximate surface area is 241 Å². The van der Waals surface area contributed by atoms with Crippen molar-refractivity contribution in [3.8, 4) is 0 Å². The Morgan fingerprint density at radius 1 is 1.00 bits per heavy atom. The lowest BCUT2D eigenvalue weighted by molar-refractivity contribution is -0.0573. The smallest absolute Gasteiger partial charge is 0.191 e. The molecule has 2 N–H and O–H groups in total. The average molecular weight is 552 g/mol. The summed E-state index contributed by atoms with van der Waals surface area (Å²) in [4.78, 5) is 0. The number of anilines is 1. The Hall–Kier alpha value is -1.75. The van der Waals surface area contributed by atoms with Gasteiger partial charge in [-0.05, 0) is 140 Å². The number of hydrazone groups is 1. The Balaban J connectivity index is 1.22. The molecule has 3 nitrogen and oxygen atoms in total. The highest BCUT2D eigenvalue weighted by atomic mass is 32.1. The molecule has 0 bridgehead atoms. The van der Waals surface area contributed by atoms with Crippen molar-refractivity contribution in [3.05, 3.63) is 41.7 Å². The molecule has 0 saturated heterocycles. The summed E-state index contributed by atoms with van der Waals surface area (Å²) in [6.45, 7) is 12.6. The molecule has 0 heterocycles. The van der Waals surface area contributed by atoms with Crippen LogP contribution in [0.5, 0.6) is 0 Å². The fourth-order valence-corrected chi connectivity index (χ4v) is 9.66. The van der Waals surface area contributed by atoms with Crippen LogP contribution < -0.4 is 10.7 Å². The first-order valence-electron chi connectivity index (χ1n) is 15.7. The molecule has 5 rings (SSSR count). The number of hydrogen-bond acceptors (Lipinski definition) is 2. The zero-order chi connectivity index (χ0) is 27.8. The Morgan fingerprint density at radius 3 is 2.51 bits per heavy atom. The second-order valence-electron chi connectivity index (χ2n) is 14.2. The molecule has 5 heteroatoms. The number of halogens is 1. The van der Waals surface area contributed by atoms with Gasteiger partial charge in [0, 0.05) is 5.69 Å². The number of allylic oxidation sites excluding steroid dienone is 2. The standard InChI is InChI=1S/C34H50FN3S/c1-22(2)7-6-8-23(3)29-15-16-30-28-14-9-24-21-27(17-19-33(24,4)31(28)18-20-34(29,30)5)37-38-32(39)36-26-12-10-25(35)11-13-26/h10-13,21-23,28-31H,6-9,14-20H2,1-5H3,(H2,36,38,39)/b37-27-/t23-,28-,29+,30-,31-,33-,34+/m0/s1. The first-order chi connectivity index (χ1) is 18.6. The van der Waals surface area contributed by atoms with Crippen molar-refractivity contribution in [3.63, 3.8) is 0 Å². The van der Waals surface area contributed by atoms with Gasteiger partial charge in [0.05, 0.1) is 5.71 Å². The van der Waals surface area contributed by atoms with Gasteiger partial charge >= 0.3 is 0 Å². The molecule has 39 heavy (non-hydrogen) atoms. The van der Waals surface area contributed by atoms with Crippen LogP contribution in [0.4, 0.5) is 10.1 Å². The molecule has 3 saturated carbocycles. The Kier molecular flexibility index (Phi) is 8.57. The van der Waals surface area contributed by atoms with Gasteiger partial charge in [-0.15, -0.1) is 0 Å². The maximum Gasteiger partial charge on any atom is 0.191 e. The molecule has 0 radical (unpaired) electrons. The number of hydrogen-bond donors (Lipinski definition) is 2. The molecule has 214 valence electrons. The Morgan fingerprint density at radius 2 is 1.77 bits per heavy atom. The van der Waals surface area contributed by atoms with Crippen molar-refractivity contribution < 1.29 is 4.39 Å². The largest absolute Gasteiger partial charge is 0.331 e. The molecule has 0 unspecified atom stereocenters. The summed E-state index contributed by atoms with van der Waals surface area (Å²) in [6.07, 6.45) is 17.1. The van der Waals surface area contributed by atoms with Gasteiger partial charge in [-0.1, -0.05) is 59.5 Å². The highest BCUT2D eigenvalue weighted by molar-refractivity contribution is 7.80. The van der Waals surface area contributed by atoms with E-state index in [0.29, 0.717) is 15.9 Å². The van der Waals surface area contributed by atoms with E-state index in [-0.39, 0.29) is 5.82 Å². The third kappa shape index (κ3) is 5.85. The van der Waals surface area contributed by atoms with Gasteiger partial charge in [0.15, 0.2) is 5.11 Å². The van der Waals surface area contributed by atoms with E-state index < -0.39 is 0 Å². The third-order valence-electron chi connectivity index (χ3n) is 11.6. The number of rotatable bonds is 7. The third-order valence-corrected chi connectivity index (χ3v) is 11.8. The number of thiocarbonyl (C=S) groups is 1. The quantitative estimate of drug-likeness (QED) is 0.262. The van der Waals surface area contributed by atoms with Crippen LogP contribution in [0.15, 0.2) is 41.0 Å². The van der Waals surface area contributed by atoms with Gasteiger partial charge in [0.2, 0.25) is 0 Å². The van der Waals surface area contributed by atoms with Gasteiger partial charge < -0.3 is 5.32 Å². The fraction of sp³-hybridized carbons (Fsp3) is 0.706. The number of fused-ring (bicyclic) bond motifs is 5. The van der Waals surface area contributed by atoms with Crippen molar-refractivity contribution >= 4 is 28.7 Å². The minimum atomic E-state index is -0.256. The molecule has 7 atom stereocenters. The van der Waals surface area contributed by atoms with Crippen LogP contribution >= 0.6 is 12.2 Å². The van der Waals surface area contributed by atoms with E-state index in [1.54, 1.807) is 17.7 Å². The van der Waals surface area contributed by atoms with E-state index in [0.717, 1.165) is 53.3 Å². The molecule has 1 aromatic carbocycles. The van der Waals surface area contributed by atoms with Crippen molar-refractivity contribution in [1.82, 2.24) is 5.43 Å². The SMILES string of the molecule is CC(C)CCC[C@H](C)[C@H]1CC[C@H]2[C@@H]3CCC4=C/C(=N\NC(=S)Nc5ccc(F)cc5)CC[C@]4(C)[C@H]3CC[C@]12C. The van der Waals surface area contributed by atoms with E-state index in [2.05, 4.69) is 56.5 Å². The van der Waals surface area contributed by atoms with Gasteiger partial charge in [0.25, 0.3) is 0 Å². The molecule has 0 amide bonds. The molecular formula is C34H50FN3S. The van der Waals surface area contributed by atoms with Gasteiger partial charge in [-0.25, -0.2) is 4.39 Å². The monoisotopic (exact) mass is 551 g/mol. The molecule has 0 spiro atoms. The van der Waals surface area contributed by atoms with Crippen LogP contribution in [0.25, 0.3) is 0 Å². The van der Waals surface area contributed by atoms with E-state index in [1.807, 2.05) is 0 Å². The molecule has 1 aromatic rings. The number of nitrogens with zero attached hydrogens (tertiary/aromatic N) is 1. The minimum absolute atomic E-state index is 0.256. The lowest BCUT2D eigenvalue weighted by Gasteiger charge is -2.58.